The van der Waals surface area contributed by atoms with Gasteiger partial charge in [0.05, 0.1) is 11.2 Å². The molecule has 0 saturated carbocycles. The van der Waals surface area contributed by atoms with Crippen LogP contribution in [-0.4, -0.2) is 22.9 Å². The quantitative estimate of drug-likeness (QED) is 0.773. The van der Waals surface area contributed by atoms with Crippen LogP contribution in [0.2, 0.25) is 0 Å². The normalized spacial score (nSPS) is 14.1. The van der Waals surface area contributed by atoms with E-state index in [1.165, 1.54) is 0 Å². The van der Waals surface area contributed by atoms with E-state index in [2.05, 4.69) is 11.4 Å². The minimum atomic E-state index is -0.162. The van der Waals surface area contributed by atoms with Gasteiger partial charge in [0, 0.05) is 31.9 Å². The van der Waals surface area contributed by atoms with Crippen LogP contribution in [-0.2, 0) is 18.4 Å². The summed E-state index contributed by atoms with van der Waals surface area (Å²) in [5.41, 5.74) is 4.39. The molecule has 1 aliphatic rings. The lowest BCUT2D eigenvalue weighted by atomic mass is 10.1. The predicted octanol–water partition coefficient (Wildman–Crippen LogP) is 3.54. The number of carbonyl (C=O) groups excluding carboxylic acids is 2. The molecule has 1 N–H and O–H groups in total. The fraction of sp³-hybridized carbons (Fsp3) is 0.273. The minimum Gasteiger partial charge on any atom is -0.347 e. The van der Waals surface area contributed by atoms with Gasteiger partial charge in [-0.15, -0.1) is 0 Å². The van der Waals surface area contributed by atoms with Gasteiger partial charge in [-0.2, -0.15) is 0 Å². The molecule has 27 heavy (non-hydrogen) atoms. The number of nitrogens with one attached hydrogen (secondary N) is 1. The first-order valence-electron chi connectivity index (χ1n) is 9.28. The number of hydrogen-bond acceptors (Lipinski definition) is 2. The molecular formula is C22H23N3O2. The Hall–Kier alpha value is -3.08. The first-order valence-corrected chi connectivity index (χ1v) is 9.28. The molecule has 0 atom stereocenters. The maximum atomic E-state index is 13.1. The summed E-state index contributed by atoms with van der Waals surface area (Å²) in [7, 11) is 1.89. The average Bonchev–Trinajstić information content (AvgIpc) is 3.21. The molecule has 3 aromatic rings. The lowest BCUT2D eigenvalue weighted by molar-refractivity contribution is -0.117. The molecule has 0 radical (unpaired) electrons. The molecule has 5 heteroatoms. The topological polar surface area (TPSA) is 54.3 Å². The Balaban J connectivity index is 1.77. The maximum absolute atomic E-state index is 13.1. The van der Waals surface area contributed by atoms with E-state index in [1.54, 1.807) is 4.90 Å². The van der Waals surface area contributed by atoms with Crippen LogP contribution in [0.15, 0.2) is 48.5 Å². The van der Waals surface area contributed by atoms with Gasteiger partial charge in [0.15, 0.2) is 0 Å². The van der Waals surface area contributed by atoms with Crippen molar-refractivity contribution in [1.82, 2.24) is 9.88 Å². The van der Waals surface area contributed by atoms with Crippen molar-refractivity contribution in [2.75, 3.05) is 11.4 Å². The first-order chi connectivity index (χ1) is 13.1. The van der Waals surface area contributed by atoms with Crippen LogP contribution < -0.4 is 10.2 Å². The average molecular weight is 361 g/mol. The molecule has 2 amide bonds. The summed E-state index contributed by atoms with van der Waals surface area (Å²) in [6.45, 7) is 3.13. The van der Waals surface area contributed by atoms with Crippen molar-refractivity contribution in [3.63, 3.8) is 0 Å². The highest BCUT2D eigenvalue weighted by Gasteiger charge is 2.31. The fourth-order valence-corrected chi connectivity index (χ4v) is 3.82. The lowest BCUT2D eigenvalue weighted by Crippen LogP contribution is -2.30. The number of nitrogens with zero attached hydrogens (tertiary/aromatic N) is 2. The molecule has 1 fully saturated rings. The van der Waals surface area contributed by atoms with E-state index in [-0.39, 0.29) is 11.8 Å². The van der Waals surface area contributed by atoms with E-state index >= 15 is 0 Å². The second kappa shape index (κ2) is 6.91. The van der Waals surface area contributed by atoms with E-state index in [4.69, 9.17) is 0 Å². The monoisotopic (exact) mass is 361 g/mol. The van der Waals surface area contributed by atoms with E-state index in [9.17, 15) is 9.59 Å². The van der Waals surface area contributed by atoms with Gasteiger partial charge in [-0.3, -0.25) is 9.59 Å². The Bertz CT molecular complexity index is 1020. The summed E-state index contributed by atoms with van der Waals surface area (Å²) in [5.74, 6) is -0.0778. The molecule has 5 nitrogen and oxygen atoms in total. The third kappa shape index (κ3) is 3.10. The SMILES string of the molecule is Cc1ccc2c(c1)c(N1CCCC1=O)c(C(=O)NCc1ccccc1)n2C. The van der Waals surface area contributed by atoms with Gasteiger partial charge in [-0.1, -0.05) is 42.0 Å². The van der Waals surface area contributed by atoms with Crippen LogP contribution in [0.1, 0.15) is 34.5 Å². The van der Waals surface area contributed by atoms with Gasteiger partial charge in [0.2, 0.25) is 5.91 Å². The van der Waals surface area contributed by atoms with Gasteiger partial charge in [0.25, 0.3) is 5.91 Å². The Morgan fingerprint density at radius 2 is 1.93 bits per heavy atom. The van der Waals surface area contributed by atoms with Crippen molar-refractivity contribution in [3.8, 4) is 0 Å². The van der Waals surface area contributed by atoms with Crippen molar-refractivity contribution >= 4 is 28.4 Å². The highest BCUT2D eigenvalue weighted by atomic mass is 16.2. The number of amides is 2. The minimum absolute atomic E-state index is 0.0844. The van der Waals surface area contributed by atoms with Gasteiger partial charge in [0.1, 0.15) is 5.69 Å². The van der Waals surface area contributed by atoms with Crippen LogP contribution in [0.4, 0.5) is 5.69 Å². The number of aryl methyl sites for hydroxylation is 2. The number of benzene rings is 2. The smallest absolute Gasteiger partial charge is 0.270 e. The zero-order chi connectivity index (χ0) is 19.0. The second-order valence-corrected chi connectivity index (χ2v) is 7.09. The number of aromatic nitrogens is 1. The molecule has 0 bridgehead atoms. The maximum Gasteiger partial charge on any atom is 0.270 e. The highest BCUT2D eigenvalue weighted by Crippen LogP contribution is 2.36. The largest absolute Gasteiger partial charge is 0.347 e. The van der Waals surface area contributed by atoms with Crippen LogP contribution in [0, 0.1) is 6.92 Å². The van der Waals surface area contributed by atoms with Crippen LogP contribution in [0.3, 0.4) is 0 Å². The Morgan fingerprint density at radius 3 is 2.63 bits per heavy atom. The van der Waals surface area contributed by atoms with E-state index in [0.29, 0.717) is 25.2 Å². The zero-order valence-corrected chi connectivity index (χ0v) is 15.7. The Morgan fingerprint density at radius 1 is 1.15 bits per heavy atom. The van der Waals surface area contributed by atoms with E-state index < -0.39 is 0 Å². The summed E-state index contributed by atoms with van der Waals surface area (Å²) in [6, 6.07) is 15.9. The van der Waals surface area contributed by atoms with Gasteiger partial charge >= 0.3 is 0 Å². The Kier molecular flexibility index (Phi) is 4.44. The van der Waals surface area contributed by atoms with Crippen LogP contribution in [0.25, 0.3) is 10.9 Å². The summed E-state index contributed by atoms with van der Waals surface area (Å²) in [6.07, 6.45) is 1.36. The molecule has 1 saturated heterocycles. The molecular weight excluding hydrogens is 338 g/mol. The van der Waals surface area contributed by atoms with E-state index in [1.807, 2.05) is 61.0 Å². The molecule has 1 aliphatic heterocycles. The van der Waals surface area contributed by atoms with Crippen molar-refractivity contribution in [2.45, 2.75) is 26.3 Å². The second-order valence-electron chi connectivity index (χ2n) is 7.09. The standard InChI is InChI=1S/C22H23N3O2/c1-15-10-11-18-17(13-15)20(25-12-6-9-19(25)26)21(24(18)2)22(27)23-14-16-7-4-3-5-8-16/h3-5,7-8,10-11,13H,6,9,12,14H2,1-2H3,(H,23,27). The number of rotatable bonds is 4. The van der Waals surface area contributed by atoms with Crippen molar-refractivity contribution in [3.05, 3.63) is 65.4 Å². The molecule has 2 aromatic carbocycles. The lowest BCUT2D eigenvalue weighted by Gasteiger charge is -2.18. The van der Waals surface area contributed by atoms with Gasteiger partial charge in [-0.05, 0) is 31.0 Å². The number of carbonyl (C=O) groups is 2. The fourth-order valence-electron chi connectivity index (χ4n) is 3.82. The predicted molar refractivity (Wildman–Crippen MR) is 107 cm³/mol. The van der Waals surface area contributed by atoms with Crippen molar-refractivity contribution in [1.29, 1.82) is 0 Å². The first kappa shape index (κ1) is 17.3. The third-order valence-corrected chi connectivity index (χ3v) is 5.18. The third-order valence-electron chi connectivity index (χ3n) is 5.18. The molecule has 0 spiro atoms. The molecule has 2 heterocycles. The van der Waals surface area contributed by atoms with Crippen LogP contribution in [0.5, 0.6) is 0 Å². The van der Waals surface area contributed by atoms with Crippen LogP contribution >= 0.6 is 0 Å². The number of fused-ring (bicyclic) bond motifs is 1. The van der Waals surface area contributed by atoms with E-state index in [0.717, 1.165) is 34.1 Å². The summed E-state index contributed by atoms with van der Waals surface area (Å²) in [5, 5.41) is 3.97. The Labute approximate surface area is 158 Å². The molecule has 0 aliphatic carbocycles. The molecule has 138 valence electrons. The number of hydrogen-bond donors (Lipinski definition) is 1. The van der Waals surface area contributed by atoms with Crippen molar-refractivity contribution in [2.24, 2.45) is 7.05 Å². The molecule has 4 rings (SSSR count). The van der Waals surface area contributed by atoms with Gasteiger partial charge in [-0.25, -0.2) is 0 Å². The summed E-state index contributed by atoms with van der Waals surface area (Å²) >= 11 is 0. The molecule has 0 unspecified atom stereocenters. The van der Waals surface area contributed by atoms with Gasteiger partial charge < -0.3 is 14.8 Å². The molecule has 1 aromatic heterocycles. The summed E-state index contributed by atoms with van der Waals surface area (Å²) in [4.78, 5) is 27.3. The zero-order valence-electron chi connectivity index (χ0n) is 15.7. The van der Waals surface area contributed by atoms with Crippen molar-refractivity contribution < 1.29 is 9.59 Å². The summed E-state index contributed by atoms with van der Waals surface area (Å²) < 4.78 is 1.90. The number of anilines is 1. The highest BCUT2D eigenvalue weighted by molar-refractivity contribution is 6.14.